The molecule has 6 heteroatoms. The molecule has 1 N–H and O–H groups in total. The van der Waals surface area contributed by atoms with Crippen LogP contribution in [0.25, 0.3) is 0 Å². The Bertz CT molecular complexity index is 627. The fraction of sp³-hybridized carbons (Fsp3) is 0.400. The first-order valence-electron chi connectivity index (χ1n) is 6.73. The second kappa shape index (κ2) is 6.45. The molecule has 1 atom stereocenters. The molecule has 21 heavy (non-hydrogen) atoms. The maximum absolute atomic E-state index is 14.3. The third kappa shape index (κ3) is 3.04. The molecule has 1 heterocycles. The van der Waals surface area contributed by atoms with Crippen molar-refractivity contribution >= 4 is 11.6 Å². The molecule has 0 fully saturated rings. The van der Waals surface area contributed by atoms with Gasteiger partial charge in [0.1, 0.15) is 11.5 Å². The van der Waals surface area contributed by atoms with Crippen LogP contribution in [0.4, 0.5) is 4.39 Å². The van der Waals surface area contributed by atoms with Crippen molar-refractivity contribution in [3.8, 4) is 5.75 Å². The molecule has 0 aliphatic heterocycles. The maximum atomic E-state index is 14.3. The molecule has 0 spiro atoms. The largest absolute Gasteiger partial charge is 0.493 e. The Morgan fingerprint density at radius 2 is 2.10 bits per heavy atom. The zero-order valence-electron chi connectivity index (χ0n) is 12.5. The number of aromatic nitrogens is 2. The summed E-state index contributed by atoms with van der Waals surface area (Å²) in [4.78, 5) is 0. The second-order valence-electron chi connectivity index (χ2n) is 5.02. The highest BCUT2D eigenvalue weighted by Crippen LogP contribution is 2.33. The number of rotatable bonds is 5. The number of nitrogens with one attached hydrogen (secondary N) is 1. The summed E-state index contributed by atoms with van der Waals surface area (Å²) in [7, 11) is 3.35. The summed E-state index contributed by atoms with van der Waals surface area (Å²) >= 11 is 5.83. The van der Waals surface area contributed by atoms with E-state index in [-0.39, 0.29) is 17.9 Å². The highest BCUT2D eigenvalue weighted by molar-refractivity contribution is 6.30. The van der Waals surface area contributed by atoms with Gasteiger partial charge in [-0.1, -0.05) is 17.7 Å². The van der Waals surface area contributed by atoms with Crippen LogP contribution in [0.15, 0.2) is 24.4 Å². The number of hydrogen-bond donors (Lipinski definition) is 1. The fourth-order valence-corrected chi connectivity index (χ4v) is 2.53. The molecule has 1 aromatic heterocycles. The minimum absolute atomic E-state index is 0.134. The summed E-state index contributed by atoms with van der Waals surface area (Å²) in [5, 5.41) is 7.83. The van der Waals surface area contributed by atoms with E-state index in [1.54, 1.807) is 32.5 Å². The average molecular weight is 312 g/mol. The first kappa shape index (κ1) is 15.8. The van der Waals surface area contributed by atoms with Gasteiger partial charge in [-0.25, -0.2) is 4.39 Å². The van der Waals surface area contributed by atoms with E-state index in [2.05, 4.69) is 10.4 Å². The Hall–Kier alpha value is -1.59. The molecule has 0 bridgehead atoms. The normalized spacial score (nSPS) is 12.7. The van der Waals surface area contributed by atoms with Gasteiger partial charge in [-0.15, -0.1) is 0 Å². The fourth-order valence-electron chi connectivity index (χ4n) is 2.37. The number of benzene rings is 1. The zero-order valence-corrected chi connectivity index (χ0v) is 13.3. The van der Waals surface area contributed by atoms with E-state index >= 15 is 0 Å². The van der Waals surface area contributed by atoms with Crippen molar-refractivity contribution in [2.75, 3.05) is 14.2 Å². The molecular weight excluding hydrogens is 293 g/mol. The van der Waals surface area contributed by atoms with Crippen LogP contribution in [-0.2, 0) is 0 Å². The molecule has 1 unspecified atom stereocenters. The predicted octanol–water partition coefficient (Wildman–Crippen LogP) is 3.57. The first-order valence-corrected chi connectivity index (χ1v) is 7.11. The molecule has 0 aliphatic carbocycles. The number of methoxy groups -OCH3 is 1. The van der Waals surface area contributed by atoms with E-state index in [1.807, 2.05) is 18.5 Å². The van der Waals surface area contributed by atoms with Crippen molar-refractivity contribution in [2.24, 2.45) is 0 Å². The van der Waals surface area contributed by atoms with Crippen LogP contribution < -0.4 is 10.1 Å². The summed E-state index contributed by atoms with van der Waals surface area (Å²) < 4.78 is 21.5. The summed E-state index contributed by atoms with van der Waals surface area (Å²) in [5.41, 5.74) is 1.29. The summed E-state index contributed by atoms with van der Waals surface area (Å²) in [6, 6.07) is 4.42. The van der Waals surface area contributed by atoms with E-state index in [0.29, 0.717) is 16.3 Å². The predicted molar refractivity (Wildman–Crippen MR) is 81.5 cm³/mol. The van der Waals surface area contributed by atoms with Crippen LogP contribution in [0, 0.1) is 5.82 Å². The molecule has 2 rings (SSSR count). The third-order valence-electron chi connectivity index (χ3n) is 3.34. The van der Waals surface area contributed by atoms with Crippen LogP contribution in [0.2, 0.25) is 5.02 Å². The minimum Gasteiger partial charge on any atom is -0.493 e. The van der Waals surface area contributed by atoms with Crippen molar-refractivity contribution in [1.29, 1.82) is 0 Å². The van der Waals surface area contributed by atoms with Crippen LogP contribution in [-0.4, -0.2) is 23.9 Å². The van der Waals surface area contributed by atoms with Gasteiger partial charge >= 0.3 is 0 Å². The van der Waals surface area contributed by atoms with E-state index < -0.39 is 0 Å². The SMILES string of the molecule is CNC(c1ccc(Cl)cc1F)c1c(OC)cnn1C(C)C. The molecule has 0 radical (unpaired) electrons. The average Bonchev–Trinajstić information content (AvgIpc) is 2.86. The van der Waals surface area contributed by atoms with Crippen molar-refractivity contribution in [1.82, 2.24) is 15.1 Å². The van der Waals surface area contributed by atoms with Crippen LogP contribution in [0.1, 0.15) is 37.2 Å². The standard InChI is InChI=1S/C15H19ClFN3O/c1-9(2)20-15(13(21-4)8-19-20)14(18-3)11-6-5-10(16)7-12(11)17/h5-9,14,18H,1-4H3. The number of halogens is 2. The van der Waals surface area contributed by atoms with Gasteiger partial charge in [0.05, 0.1) is 19.3 Å². The summed E-state index contributed by atoms with van der Waals surface area (Å²) in [6.45, 7) is 4.03. The summed E-state index contributed by atoms with van der Waals surface area (Å²) in [6.07, 6.45) is 1.65. The lowest BCUT2D eigenvalue weighted by molar-refractivity contribution is 0.394. The lowest BCUT2D eigenvalue weighted by Crippen LogP contribution is -2.24. The van der Waals surface area contributed by atoms with Crippen molar-refractivity contribution < 1.29 is 9.13 Å². The van der Waals surface area contributed by atoms with Gasteiger partial charge in [-0.2, -0.15) is 5.10 Å². The van der Waals surface area contributed by atoms with E-state index in [9.17, 15) is 4.39 Å². The van der Waals surface area contributed by atoms with Crippen LogP contribution >= 0.6 is 11.6 Å². The monoisotopic (exact) mass is 311 g/mol. The number of hydrogen-bond acceptors (Lipinski definition) is 3. The van der Waals surface area contributed by atoms with Crippen molar-refractivity contribution in [2.45, 2.75) is 25.9 Å². The molecule has 0 amide bonds. The Morgan fingerprint density at radius 1 is 1.38 bits per heavy atom. The first-order chi connectivity index (χ1) is 9.99. The molecule has 2 aromatic rings. The molecule has 0 saturated carbocycles. The Labute approximate surface area is 128 Å². The molecule has 0 aliphatic rings. The van der Waals surface area contributed by atoms with E-state index in [0.717, 1.165) is 5.69 Å². The number of nitrogens with zero attached hydrogens (tertiary/aromatic N) is 2. The van der Waals surface area contributed by atoms with Gasteiger partial charge in [-0.05, 0) is 33.0 Å². The van der Waals surface area contributed by atoms with Gasteiger partial charge in [-0.3, -0.25) is 4.68 Å². The molecule has 4 nitrogen and oxygen atoms in total. The van der Waals surface area contributed by atoms with Crippen LogP contribution in [0.3, 0.4) is 0 Å². The van der Waals surface area contributed by atoms with Crippen molar-refractivity contribution in [3.63, 3.8) is 0 Å². The van der Waals surface area contributed by atoms with Gasteiger partial charge in [0.25, 0.3) is 0 Å². The van der Waals surface area contributed by atoms with Gasteiger partial charge in [0, 0.05) is 16.6 Å². The third-order valence-corrected chi connectivity index (χ3v) is 3.58. The second-order valence-corrected chi connectivity index (χ2v) is 5.46. The quantitative estimate of drug-likeness (QED) is 0.917. The van der Waals surface area contributed by atoms with E-state index in [1.165, 1.54) is 6.07 Å². The zero-order chi connectivity index (χ0) is 15.6. The highest BCUT2D eigenvalue weighted by atomic mass is 35.5. The number of ether oxygens (including phenoxy) is 1. The summed E-state index contributed by atoms with van der Waals surface area (Å²) in [5.74, 6) is 0.262. The topological polar surface area (TPSA) is 39.1 Å². The maximum Gasteiger partial charge on any atom is 0.161 e. The van der Waals surface area contributed by atoms with Gasteiger partial charge in [0.2, 0.25) is 0 Å². The molecule has 1 aromatic carbocycles. The Morgan fingerprint density at radius 3 is 2.62 bits per heavy atom. The molecular formula is C15H19ClFN3O. The van der Waals surface area contributed by atoms with Gasteiger partial charge < -0.3 is 10.1 Å². The van der Waals surface area contributed by atoms with E-state index in [4.69, 9.17) is 16.3 Å². The lowest BCUT2D eigenvalue weighted by atomic mass is 10.0. The molecule has 114 valence electrons. The Balaban J connectivity index is 2.58. The highest BCUT2D eigenvalue weighted by Gasteiger charge is 2.25. The smallest absolute Gasteiger partial charge is 0.161 e. The van der Waals surface area contributed by atoms with Crippen LogP contribution in [0.5, 0.6) is 5.75 Å². The van der Waals surface area contributed by atoms with Gasteiger partial charge in [0.15, 0.2) is 5.75 Å². The Kier molecular flexibility index (Phi) is 4.85. The molecule has 0 saturated heterocycles. The van der Waals surface area contributed by atoms with Crippen molar-refractivity contribution in [3.05, 3.63) is 46.5 Å². The lowest BCUT2D eigenvalue weighted by Gasteiger charge is -2.22. The minimum atomic E-state index is -0.373.